The second kappa shape index (κ2) is 8.69. The zero-order valence-electron chi connectivity index (χ0n) is 16.0. The largest absolute Gasteiger partial charge is 0.487 e. The van der Waals surface area contributed by atoms with E-state index in [-0.39, 0.29) is 17.8 Å². The van der Waals surface area contributed by atoms with E-state index in [1.807, 2.05) is 4.90 Å². The average molecular weight is 383 g/mol. The summed E-state index contributed by atoms with van der Waals surface area (Å²) in [6, 6.07) is 10.7. The molecule has 1 aromatic carbocycles. The molecule has 2 aliphatic heterocycles. The van der Waals surface area contributed by atoms with E-state index in [1.165, 1.54) is 6.07 Å². The normalized spacial score (nSPS) is 19.5. The molecule has 0 saturated carbocycles. The summed E-state index contributed by atoms with van der Waals surface area (Å²) in [5.74, 6) is 0.151. The molecular weight excluding hydrogens is 357 g/mol. The number of para-hydroxylation sites is 1. The first kappa shape index (κ1) is 18.9. The van der Waals surface area contributed by atoms with E-state index in [0.29, 0.717) is 17.4 Å². The van der Waals surface area contributed by atoms with Gasteiger partial charge in [-0.3, -0.25) is 14.7 Å². The van der Waals surface area contributed by atoms with Crippen LogP contribution in [0.25, 0.3) is 0 Å². The Bertz CT molecular complexity index is 785. The Labute approximate surface area is 165 Å². The first-order valence-corrected chi connectivity index (χ1v) is 10.1. The molecule has 1 aromatic heterocycles. The zero-order valence-corrected chi connectivity index (χ0v) is 16.0. The van der Waals surface area contributed by atoms with Gasteiger partial charge in [0.1, 0.15) is 6.10 Å². The Balaban J connectivity index is 1.24. The zero-order chi connectivity index (χ0) is 19.3. The third-order valence-corrected chi connectivity index (χ3v) is 5.80. The number of ether oxygens (including phenoxy) is 1. The number of pyridine rings is 1. The molecule has 28 heavy (non-hydrogen) atoms. The quantitative estimate of drug-likeness (QED) is 0.812. The van der Waals surface area contributed by atoms with Crippen molar-refractivity contribution in [2.24, 2.45) is 0 Å². The van der Waals surface area contributed by atoms with Crippen LogP contribution in [0.2, 0.25) is 0 Å². The minimum atomic E-state index is -0.295. The number of halogens is 1. The van der Waals surface area contributed by atoms with E-state index in [9.17, 15) is 9.18 Å². The van der Waals surface area contributed by atoms with Crippen molar-refractivity contribution in [1.82, 2.24) is 14.8 Å². The number of carbonyl (C=O) groups excluding carboxylic acids is 1. The molecule has 2 fully saturated rings. The number of benzene rings is 1. The lowest BCUT2D eigenvalue weighted by molar-refractivity contribution is 0.0416. The van der Waals surface area contributed by atoms with Crippen molar-refractivity contribution in [2.75, 3.05) is 26.2 Å². The van der Waals surface area contributed by atoms with Gasteiger partial charge in [0.15, 0.2) is 11.6 Å². The Morgan fingerprint density at radius 2 is 1.64 bits per heavy atom. The molecule has 5 nitrogen and oxygen atoms in total. The van der Waals surface area contributed by atoms with Crippen LogP contribution in [0.15, 0.2) is 48.8 Å². The molecular formula is C22H26FN3O2. The van der Waals surface area contributed by atoms with Gasteiger partial charge in [-0.1, -0.05) is 12.1 Å². The van der Waals surface area contributed by atoms with Crippen molar-refractivity contribution in [1.29, 1.82) is 0 Å². The van der Waals surface area contributed by atoms with Gasteiger partial charge < -0.3 is 9.64 Å². The van der Waals surface area contributed by atoms with Gasteiger partial charge in [0.25, 0.3) is 5.91 Å². The monoisotopic (exact) mass is 383 g/mol. The molecule has 0 aliphatic carbocycles. The standard InChI is InChI=1S/C22H26FN3O2/c23-20-3-1-2-4-21(20)28-19-9-15-25(16-10-19)18-7-13-26(14-8-18)22(27)17-5-11-24-12-6-17/h1-6,11-12,18-19H,7-10,13-16H2. The topological polar surface area (TPSA) is 45.7 Å². The number of likely N-dealkylation sites (tertiary alicyclic amines) is 2. The molecule has 0 radical (unpaired) electrons. The molecule has 0 atom stereocenters. The molecule has 2 saturated heterocycles. The number of nitrogens with zero attached hydrogens (tertiary/aromatic N) is 3. The van der Waals surface area contributed by atoms with Crippen molar-refractivity contribution in [3.05, 3.63) is 60.2 Å². The van der Waals surface area contributed by atoms with E-state index >= 15 is 0 Å². The first-order valence-electron chi connectivity index (χ1n) is 10.1. The molecule has 6 heteroatoms. The molecule has 2 aliphatic rings. The molecule has 0 bridgehead atoms. The van der Waals surface area contributed by atoms with Gasteiger partial charge in [-0.15, -0.1) is 0 Å². The molecule has 0 spiro atoms. The van der Waals surface area contributed by atoms with E-state index in [1.54, 1.807) is 42.7 Å². The minimum absolute atomic E-state index is 0.0708. The molecule has 148 valence electrons. The van der Waals surface area contributed by atoms with Crippen LogP contribution in [0.5, 0.6) is 5.75 Å². The van der Waals surface area contributed by atoms with Crippen LogP contribution in [-0.4, -0.2) is 59.0 Å². The Hall–Kier alpha value is -2.47. The number of hydrogen-bond acceptors (Lipinski definition) is 4. The fraction of sp³-hybridized carbons (Fsp3) is 0.455. The van der Waals surface area contributed by atoms with Crippen LogP contribution in [0.4, 0.5) is 4.39 Å². The van der Waals surface area contributed by atoms with Crippen molar-refractivity contribution in [3.8, 4) is 5.75 Å². The van der Waals surface area contributed by atoms with Gasteiger partial charge >= 0.3 is 0 Å². The lowest BCUT2D eigenvalue weighted by Gasteiger charge is -2.41. The Morgan fingerprint density at radius 3 is 2.32 bits per heavy atom. The van der Waals surface area contributed by atoms with E-state index < -0.39 is 0 Å². The number of piperidine rings is 2. The van der Waals surface area contributed by atoms with Crippen LogP contribution >= 0.6 is 0 Å². The van der Waals surface area contributed by atoms with Crippen molar-refractivity contribution in [2.45, 2.75) is 37.8 Å². The molecule has 3 heterocycles. The highest BCUT2D eigenvalue weighted by molar-refractivity contribution is 5.94. The van der Waals surface area contributed by atoms with Gasteiger partial charge in [0, 0.05) is 50.2 Å². The Kier molecular flexibility index (Phi) is 5.86. The summed E-state index contributed by atoms with van der Waals surface area (Å²) in [4.78, 5) is 21.0. The number of hydrogen-bond donors (Lipinski definition) is 0. The lowest BCUT2D eigenvalue weighted by Crippen LogP contribution is -2.50. The maximum Gasteiger partial charge on any atom is 0.253 e. The SMILES string of the molecule is O=C(c1ccncc1)N1CCC(N2CCC(Oc3ccccc3F)CC2)CC1. The van der Waals surface area contributed by atoms with Gasteiger partial charge in [-0.05, 0) is 49.9 Å². The maximum absolute atomic E-state index is 13.8. The first-order chi connectivity index (χ1) is 13.7. The smallest absolute Gasteiger partial charge is 0.253 e. The summed E-state index contributed by atoms with van der Waals surface area (Å²) < 4.78 is 19.6. The molecule has 0 unspecified atom stereocenters. The summed E-state index contributed by atoms with van der Waals surface area (Å²) in [6.45, 7) is 3.50. The van der Waals surface area contributed by atoms with Gasteiger partial charge in [-0.25, -0.2) is 4.39 Å². The van der Waals surface area contributed by atoms with Crippen molar-refractivity contribution in [3.63, 3.8) is 0 Å². The summed E-state index contributed by atoms with van der Waals surface area (Å²) in [7, 11) is 0. The van der Waals surface area contributed by atoms with E-state index in [4.69, 9.17) is 4.74 Å². The fourth-order valence-electron chi connectivity index (χ4n) is 4.19. The fourth-order valence-corrected chi connectivity index (χ4v) is 4.19. The highest BCUT2D eigenvalue weighted by atomic mass is 19.1. The summed E-state index contributed by atoms with van der Waals surface area (Å²) in [5.41, 5.74) is 0.708. The van der Waals surface area contributed by atoms with Crippen LogP contribution in [-0.2, 0) is 0 Å². The molecule has 4 rings (SSSR count). The third kappa shape index (κ3) is 4.33. The third-order valence-electron chi connectivity index (χ3n) is 5.80. The number of amides is 1. The average Bonchev–Trinajstić information content (AvgIpc) is 2.76. The van der Waals surface area contributed by atoms with Crippen LogP contribution in [0.3, 0.4) is 0 Å². The van der Waals surface area contributed by atoms with E-state index in [2.05, 4.69) is 9.88 Å². The van der Waals surface area contributed by atoms with Crippen molar-refractivity contribution >= 4 is 5.91 Å². The number of carbonyl (C=O) groups is 1. The minimum Gasteiger partial charge on any atom is -0.487 e. The number of aromatic nitrogens is 1. The lowest BCUT2D eigenvalue weighted by atomic mass is 9.98. The molecule has 1 amide bonds. The molecule has 2 aromatic rings. The summed E-state index contributed by atoms with van der Waals surface area (Å²) in [5, 5.41) is 0. The maximum atomic E-state index is 13.8. The van der Waals surface area contributed by atoms with Crippen LogP contribution in [0.1, 0.15) is 36.0 Å². The van der Waals surface area contributed by atoms with Gasteiger partial charge in [-0.2, -0.15) is 0 Å². The Morgan fingerprint density at radius 1 is 0.964 bits per heavy atom. The second-order valence-electron chi connectivity index (χ2n) is 7.54. The second-order valence-corrected chi connectivity index (χ2v) is 7.54. The van der Waals surface area contributed by atoms with E-state index in [0.717, 1.165) is 51.9 Å². The van der Waals surface area contributed by atoms with Gasteiger partial charge in [0.05, 0.1) is 0 Å². The van der Waals surface area contributed by atoms with Crippen LogP contribution < -0.4 is 4.74 Å². The predicted octanol–water partition coefficient (Wildman–Crippen LogP) is 3.37. The van der Waals surface area contributed by atoms with Gasteiger partial charge in [0.2, 0.25) is 0 Å². The highest BCUT2D eigenvalue weighted by Crippen LogP contribution is 2.25. The van der Waals surface area contributed by atoms with Crippen molar-refractivity contribution < 1.29 is 13.9 Å². The number of rotatable bonds is 4. The van der Waals surface area contributed by atoms with Crippen LogP contribution in [0, 0.1) is 5.82 Å². The summed E-state index contributed by atoms with van der Waals surface area (Å²) >= 11 is 0. The predicted molar refractivity (Wildman–Crippen MR) is 105 cm³/mol. The summed E-state index contributed by atoms with van der Waals surface area (Å²) in [6.07, 6.45) is 7.20. The highest BCUT2D eigenvalue weighted by Gasteiger charge is 2.30. The molecule has 0 N–H and O–H groups in total.